The maximum atomic E-state index is 10.9. The maximum absolute atomic E-state index is 10.9. The van der Waals surface area contributed by atoms with E-state index in [1.165, 1.54) is 29.7 Å². The van der Waals surface area contributed by atoms with Crippen molar-refractivity contribution in [3.05, 3.63) is 68.0 Å². The first-order valence-electron chi connectivity index (χ1n) is 7.01. The van der Waals surface area contributed by atoms with Gasteiger partial charge >= 0.3 is 5.69 Å². The zero-order chi connectivity index (χ0) is 17.8. The second-order valence-electron chi connectivity index (χ2n) is 4.90. The lowest BCUT2D eigenvalue weighted by molar-refractivity contribution is -0.386. The number of nitrogens with one attached hydrogen (secondary N) is 1. The summed E-state index contributed by atoms with van der Waals surface area (Å²) in [6.07, 6.45) is 1.42. The summed E-state index contributed by atoms with van der Waals surface area (Å²) in [6.45, 7) is 0. The van der Waals surface area contributed by atoms with Gasteiger partial charge in [0.15, 0.2) is 0 Å². The Morgan fingerprint density at radius 3 is 2.80 bits per heavy atom. The number of hydrazone groups is 1. The molecule has 1 heterocycles. The molecular weight excluding hydrogens is 408 g/mol. The summed E-state index contributed by atoms with van der Waals surface area (Å²) >= 11 is 4.48. The number of hydrogen-bond donors (Lipinski definition) is 2. The van der Waals surface area contributed by atoms with Gasteiger partial charge in [-0.2, -0.15) is 5.10 Å². The third kappa shape index (κ3) is 4.01. The monoisotopic (exact) mass is 418 g/mol. The van der Waals surface area contributed by atoms with Crippen molar-refractivity contribution in [2.24, 2.45) is 5.10 Å². The summed E-state index contributed by atoms with van der Waals surface area (Å²) in [7, 11) is 0. The molecule has 0 aliphatic heterocycles. The third-order valence-corrected chi connectivity index (χ3v) is 4.56. The Bertz CT molecular complexity index is 944. The van der Waals surface area contributed by atoms with Crippen molar-refractivity contribution in [1.82, 2.24) is 4.98 Å². The molecule has 0 amide bonds. The first-order valence-corrected chi connectivity index (χ1v) is 8.69. The second kappa shape index (κ2) is 7.41. The Kier molecular flexibility index (Phi) is 5.05. The summed E-state index contributed by atoms with van der Waals surface area (Å²) in [5.41, 5.74) is 4.71. The molecule has 0 radical (unpaired) electrons. The molecule has 25 heavy (non-hydrogen) atoms. The highest BCUT2D eigenvalue weighted by molar-refractivity contribution is 9.10. The number of nitro groups is 1. The second-order valence-corrected chi connectivity index (χ2v) is 6.61. The number of thiazole rings is 1. The predicted octanol–water partition coefficient (Wildman–Crippen LogP) is 4.63. The molecule has 3 rings (SSSR count). The summed E-state index contributed by atoms with van der Waals surface area (Å²) in [6, 6.07) is 12.5. The van der Waals surface area contributed by atoms with Gasteiger partial charge in [-0.1, -0.05) is 30.3 Å². The molecule has 2 aromatic carbocycles. The van der Waals surface area contributed by atoms with E-state index >= 15 is 0 Å². The topological polar surface area (TPSA) is 101 Å². The highest BCUT2D eigenvalue weighted by atomic mass is 79.9. The van der Waals surface area contributed by atoms with Crippen LogP contribution in [0.15, 0.2) is 57.4 Å². The Balaban J connectivity index is 1.74. The van der Waals surface area contributed by atoms with Crippen LogP contribution in [0.3, 0.4) is 0 Å². The molecule has 0 atom stereocenters. The van der Waals surface area contributed by atoms with Crippen LogP contribution in [0, 0.1) is 10.1 Å². The highest BCUT2D eigenvalue weighted by Crippen LogP contribution is 2.34. The van der Waals surface area contributed by atoms with Crippen molar-refractivity contribution >= 4 is 44.3 Å². The van der Waals surface area contributed by atoms with Gasteiger partial charge in [0.1, 0.15) is 0 Å². The van der Waals surface area contributed by atoms with Gasteiger partial charge in [0.05, 0.1) is 21.3 Å². The minimum absolute atomic E-state index is 0.226. The van der Waals surface area contributed by atoms with E-state index in [0.717, 1.165) is 11.3 Å². The smallest absolute Gasteiger partial charge is 0.312 e. The van der Waals surface area contributed by atoms with E-state index in [1.807, 2.05) is 35.7 Å². The molecule has 0 saturated heterocycles. The lowest BCUT2D eigenvalue weighted by Crippen LogP contribution is -1.94. The normalized spacial score (nSPS) is 10.9. The van der Waals surface area contributed by atoms with Crippen LogP contribution in [-0.4, -0.2) is 21.2 Å². The lowest BCUT2D eigenvalue weighted by Gasteiger charge is -2.01. The molecule has 1 aromatic heterocycles. The summed E-state index contributed by atoms with van der Waals surface area (Å²) in [5.74, 6) is -0.414. The standard InChI is InChI=1S/C16H11BrN4O3S/c17-12-6-10(7-14(15(12)22)21(23)24)8-18-20-16-19-13(9-25-16)11-4-2-1-3-5-11/h1-9,22H,(H,19,20). The van der Waals surface area contributed by atoms with Gasteiger partial charge in [-0.25, -0.2) is 4.98 Å². The Morgan fingerprint density at radius 2 is 2.08 bits per heavy atom. The summed E-state index contributed by atoms with van der Waals surface area (Å²) in [5, 5.41) is 27.1. The number of benzene rings is 2. The number of phenolic OH excluding ortho intramolecular Hbond substituents is 1. The zero-order valence-corrected chi connectivity index (χ0v) is 15.0. The number of phenols is 1. The van der Waals surface area contributed by atoms with Crippen LogP contribution in [0.1, 0.15) is 5.56 Å². The number of halogens is 1. The molecule has 0 saturated carbocycles. The van der Waals surface area contributed by atoms with Crippen LogP contribution in [0.25, 0.3) is 11.3 Å². The number of anilines is 1. The molecule has 0 unspecified atom stereocenters. The molecule has 0 fully saturated rings. The van der Waals surface area contributed by atoms with Crippen LogP contribution in [0.2, 0.25) is 0 Å². The maximum Gasteiger partial charge on any atom is 0.312 e. The van der Waals surface area contributed by atoms with E-state index in [1.54, 1.807) is 0 Å². The van der Waals surface area contributed by atoms with Gasteiger partial charge in [-0.05, 0) is 22.0 Å². The van der Waals surface area contributed by atoms with Crippen LogP contribution >= 0.6 is 27.3 Å². The molecule has 7 nitrogen and oxygen atoms in total. The van der Waals surface area contributed by atoms with E-state index in [-0.39, 0.29) is 4.47 Å². The Morgan fingerprint density at radius 1 is 1.32 bits per heavy atom. The van der Waals surface area contributed by atoms with Crippen molar-refractivity contribution in [2.45, 2.75) is 0 Å². The van der Waals surface area contributed by atoms with Crippen molar-refractivity contribution < 1.29 is 10.0 Å². The number of aromatic hydroxyl groups is 1. The number of nitro benzene ring substituents is 1. The number of hydrogen-bond acceptors (Lipinski definition) is 7. The number of aromatic nitrogens is 1. The average Bonchev–Trinajstić information content (AvgIpc) is 3.07. The van der Waals surface area contributed by atoms with E-state index in [4.69, 9.17) is 0 Å². The van der Waals surface area contributed by atoms with Crippen molar-refractivity contribution in [2.75, 3.05) is 5.43 Å². The first-order chi connectivity index (χ1) is 12.0. The van der Waals surface area contributed by atoms with E-state index in [9.17, 15) is 15.2 Å². The fourth-order valence-electron chi connectivity index (χ4n) is 2.05. The van der Waals surface area contributed by atoms with Crippen LogP contribution in [0.5, 0.6) is 5.75 Å². The predicted molar refractivity (Wildman–Crippen MR) is 101 cm³/mol. The molecule has 2 N–H and O–H groups in total. The molecule has 0 spiro atoms. The third-order valence-electron chi connectivity index (χ3n) is 3.21. The van der Waals surface area contributed by atoms with Gasteiger partial charge in [0.2, 0.25) is 10.9 Å². The highest BCUT2D eigenvalue weighted by Gasteiger charge is 2.17. The Hall–Kier alpha value is -2.78. The molecular formula is C16H11BrN4O3S. The molecule has 0 bridgehead atoms. The van der Waals surface area contributed by atoms with E-state index in [2.05, 4.69) is 31.4 Å². The first kappa shape index (κ1) is 17.1. The lowest BCUT2D eigenvalue weighted by atomic mass is 10.2. The van der Waals surface area contributed by atoms with Crippen molar-refractivity contribution in [1.29, 1.82) is 0 Å². The largest absolute Gasteiger partial charge is 0.501 e. The van der Waals surface area contributed by atoms with E-state index in [0.29, 0.717) is 10.7 Å². The molecule has 3 aromatic rings. The molecule has 0 aliphatic rings. The quantitative estimate of drug-likeness (QED) is 0.357. The van der Waals surface area contributed by atoms with Gasteiger partial charge in [-0.15, -0.1) is 11.3 Å². The van der Waals surface area contributed by atoms with Gasteiger partial charge in [-0.3, -0.25) is 15.5 Å². The SMILES string of the molecule is O=[N+]([O-])c1cc(C=NNc2nc(-c3ccccc3)cs2)cc(Br)c1O. The number of rotatable bonds is 5. The zero-order valence-electron chi connectivity index (χ0n) is 12.6. The minimum Gasteiger partial charge on any atom is -0.501 e. The summed E-state index contributed by atoms with van der Waals surface area (Å²) < 4.78 is 0.226. The number of nitrogens with zero attached hydrogens (tertiary/aromatic N) is 3. The van der Waals surface area contributed by atoms with Gasteiger partial charge in [0.25, 0.3) is 0 Å². The van der Waals surface area contributed by atoms with Crippen LogP contribution in [0.4, 0.5) is 10.8 Å². The van der Waals surface area contributed by atoms with Crippen LogP contribution < -0.4 is 5.43 Å². The minimum atomic E-state index is -0.655. The summed E-state index contributed by atoms with van der Waals surface area (Å²) in [4.78, 5) is 14.7. The van der Waals surface area contributed by atoms with Crippen molar-refractivity contribution in [3.8, 4) is 17.0 Å². The molecule has 126 valence electrons. The molecule has 0 aliphatic carbocycles. The Labute approximate surface area is 155 Å². The average molecular weight is 419 g/mol. The fourth-order valence-corrected chi connectivity index (χ4v) is 3.18. The van der Waals surface area contributed by atoms with Gasteiger partial charge < -0.3 is 5.11 Å². The fraction of sp³-hybridized carbons (Fsp3) is 0. The van der Waals surface area contributed by atoms with Crippen LogP contribution in [-0.2, 0) is 0 Å². The molecule has 9 heteroatoms. The van der Waals surface area contributed by atoms with Gasteiger partial charge in [0, 0.05) is 22.6 Å². The van der Waals surface area contributed by atoms with Crippen molar-refractivity contribution in [3.63, 3.8) is 0 Å². The van der Waals surface area contributed by atoms with E-state index < -0.39 is 16.4 Å².